The van der Waals surface area contributed by atoms with Crippen LogP contribution in [0.1, 0.15) is 18.4 Å². The van der Waals surface area contributed by atoms with Crippen LogP contribution < -0.4 is 15.9 Å². The highest BCUT2D eigenvalue weighted by Gasteiger charge is 2.55. The van der Waals surface area contributed by atoms with Crippen molar-refractivity contribution < 1.29 is 14.3 Å². The summed E-state index contributed by atoms with van der Waals surface area (Å²) >= 11 is 0. The van der Waals surface area contributed by atoms with E-state index in [2.05, 4.69) is 11.1 Å². The summed E-state index contributed by atoms with van der Waals surface area (Å²) < 4.78 is 11.8. The van der Waals surface area contributed by atoms with Crippen LogP contribution in [0.2, 0.25) is 0 Å². The molecule has 2 N–H and O–H groups in total. The zero-order valence-electron chi connectivity index (χ0n) is 12.3. The fourth-order valence-electron chi connectivity index (χ4n) is 3.38. The lowest BCUT2D eigenvalue weighted by molar-refractivity contribution is -0.203. The van der Waals surface area contributed by atoms with E-state index in [4.69, 9.17) is 20.0 Å². The lowest BCUT2D eigenvalue weighted by Gasteiger charge is -2.42. The van der Waals surface area contributed by atoms with Gasteiger partial charge in [-0.3, -0.25) is 0 Å². The molecule has 4 rings (SSSR count). The fraction of sp³-hybridized carbons (Fsp3) is 0.500. The van der Waals surface area contributed by atoms with Gasteiger partial charge >= 0.3 is 0 Å². The molecule has 2 atom stereocenters. The Morgan fingerprint density at radius 3 is 2.95 bits per heavy atom. The van der Waals surface area contributed by atoms with Crippen molar-refractivity contribution in [2.45, 2.75) is 24.2 Å². The normalized spacial score (nSPS) is 34.1. The predicted octanol–water partition coefficient (Wildman–Crippen LogP) is -0.769. The zero-order chi connectivity index (χ0) is 14.7. The van der Waals surface area contributed by atoms with E-state index in [0.29, 0.717) is 25.6 Å². The summed E-state index contributed by atoms with van der Waals surface area (Å²) in [5, 5.41) is 1.53. The number of hydrogen-bond acceptors (Lipinski definition) is 6. The summed E-state index contributed by atoms with van der Waals surface area (Å²) in [6.45, 7) is 1.26. The fourth-order valence-corrected chi connectivity index (χ4v) is 3.38. The average molecular weight is 287 g/mol. The van der Waals surface area contributed by atoms with Crippen LogP contribution in [-0.4, -0.2) is 44.7 Å². The molecule has 1 saturated heterocycles. The van der Waals surface area contributed by atoms with Gasteiger partial charge in [0, 0.05) is 19.9 Å². The highest BCUT2D eigenvalue weighted by Crippen LogP contribution is 2.50. The van der Waals surface area contributed by atoms with Crippen molar-refractivity contribution in [3.8, 4) is 5.75 Å². The van der Waals surface area contributed by atoms with Crippen molar-refractivity contribution >= 4 is 19.3 Å². The molecule has 3 aliphatic heterocycles. The third kappa shape index (κ3) is 1.84. The minimum Gasteiger partial charge on any atom is -0.484 e. The summed E-state index contributed by atoms with van der Waals surface area (Å²) in [6, 6.07) is 6.08. The Morgan fingerprint density at radius 1 is 1.43 bits per heavy atom. The van der Waals surface area contributed by atoms with Gasteiger partial charge in [-0.15, -0.1) is 0 Å². The second-order valence-corrected chi connectivity index (χ2v) is 6.11. The highest BCUT2D eigenvalue weighted by atomic mass is 16.7. The van der Waals surface area contributed by atoms with Crippen LogP contribution in [-0.2, 0) is 15.3 Å². The van der Waals surface area contributed by atoms with Gasteiger partial charge in [-0.25, -0.2) is 14.9 Å². The maximum atomic E-state index is 6.26. The Balaban J connectivity index is 1.87. The van der Waals surface area contributed by atoms with Gasteiger partial charge in [0.05, 0.1) is 18.8 Å². The largest absolute Gasteiger partial charge is 0.484 e. The minimum absolute atomic E-state index is 0.378. The van der Waals surface area contributed by atoms with Crippen LogP contribution in [0.4, 0.5) is 0 Å². The topological polar surface area (TPSA) is 69.3 Å². The van der Waals surface area contributed by atoms with E-state index in [1.807, 2.05) is 20.0 Å². The van der Waals surface area contributed by atoms with Crippen molar-refractivity contribution in [2.75, 3.05) is 20.3 Å². The Labute approximate surface area is 124 Å². The molecule has 2 spiro atoms. The molecule has 3 aliphatic rings. The third-order valence-electron chi connectivity index (χ3n) is 4.42. The number of guanidine groups is 1. The SMILES string of the molecule is Bc1ccc2c(c1)C1(CC3(CCOC3)O2)N=C(N)N(C)O1. The summed E-state index contributed by atoms with van der Waals surface area (Å²) in [5.74, 6) is 1.20. The average Bonchev–Trinajstić information content (AvgIpc) is 2.98. The maximum absolute atomic E-state index is 6.26. The molecular formula is C14H18BN3O3. The summed E-state index contributed by atoms with van der Waals surface area (Å²) in [4.78, 5) is 10.7. The van der Waals surface area contributed by atoms with Crippen molar-refractivity contribution in [1.82, 2.24) is 5.06 Å². The number of nitrogens with two attached hydrogens (primary N) is 1. The van der Waals surface area contributed by atoms with Gasteiger partial charge in [-0.05, 0) is 6.07 Å². The first kappa shape index (κ1) is 13.0. The molecule has 0 bridgehead atoms. The molecule has 1 fully saturated rings. The Hall–Kier alpha value is -1.73. The Bertz CT molecular complexity index is 630. The van der Waals surface area contributed by atoms with E-state index in [9.17, 15) is 0 Å². The highest BCUT2D eigenvalue weighted by molar-refractivity contribution is 6.32. The van der Waals surface area contributed by atoms with Crippen LogP contribution >= 0.6 is 0 Å². The van der Waals surface area contributed by atoms with E-state index in [1.54, 1.807) is 7.05 Å². The lowest BCUT2D eigenvalue weighted by Crippen LogP contribution is -2.49. The molecule has 110 valence electrons. The molecule has 1 aromatic carbocycles. The number of benzene rings is 1. The molecule has 7 heteroatoms. The molecule has 0 aliphatic carbocycles. The molecule has 21 heavy (non-hydrogen) atoms. The summed E-state index contributed by atoms with van der Waals surface area (Å²) in [7, 11) is 3.82. The van der Waals surface area contributed by atoms with E-state index in [1.165, 1.54) is 5.06 Å². The Kier molecular flexibility index (Phi) is 2.56. The summed E-state index contributed by atoms with van der Waals surface area (Å²) in [6.07, 6.45) is 1.45. The van der Waals surface area contributed by atoms with Gasteiger partial charge in [0.2, 0.25) is 11.7 Å². The van der Waals surface area contributed by atoms with Crippen LogP contribution in [0.3, 0.4) is 0 Å². The smallest absolute Gasteiger partial charge is 0.222 e. The number of nitrogens with zero attached hydrogens (tertiary/aromatic N) is 2. The molecule has 1 aromatic rings. The second-order valence-electron chi connectivity index (χ2n) is 6.11. The molecule has 2 unspecified atom stereocenters. The first-order chi connectivity index (χ1) is 10.0. The van der Waals surface area contributed by atoms with Crippen LogP contribution in [0.5, 0.6) is 5.75 Å². The van der Waals surface area contributed by atoms with E-state index in [-0.39, 0.29) is 5.60 Å². The molecular weight excluding hydrogens is 269 g/mol. The number of hydroxylamine groups is 2. The molecule has 6 nitrogen and oxygen atoms in total. The molecule has 3 heterocycles. The first-order valence-electron chi connectivity index (χ1n) is 7.18. The predicted molar refractivity (Wildman–Crippen MR) is 80.2 cm³/mol. The molecule has 0 amide bonds. The molecule has 0 aromatic heterocycles. The van der Waals surface area contributed by atoms with Gasteiger partial charge in [-0.2, -0.15) is 0 Å². The molecule has 0 saturated carbocycles. The van der Waals surface area contributed by atoms with E-state index >= 15 is 0 Å². The zero-order valence-corrected chi connectivity index (χ0v) is 12.3. The maximum Gasteiger partial charge on any atom is 0.222 e. The number of fused-ring (bicyclic) bond motifs is 2. The van der Waals surface area contributed by atoms with Crippen molar-refractivity contribution in [1.29, 1.82) is 0 Å². The van der Waals surface area contributed by atoms with E-state index < -0.39 is 5.72 Å². The van der Waals surface area contributed by atoms with Gasteiger partial charge in [0.15, 0.2) is 0 Å². The van der Waals surface area contributed by atoms with Crippen LogP contribution in [0.15, 0.2) is 23.2 Å². The number of ether oxygens (including phenoxy) is 2. The minimum atomic E-state index is -0.799. The quantitative estimate of drug-likeness (QED) is 0.635. The molecule has 0 radical (unpaired) electrons. The van der Waals surface area contributed by atoms with Gasteiger partial charge in [0.25, 0.3) is 0 Å². The number of aliphatic imine (C=N–C) groups is 1. The van der Waals surface area contributed by atoms with Crippen LogP contribution in [0.25, 0.3) is 0 Å². The van der Waals surface area contributed by atoms with Gasteiger partial charge in [0.1, 0.15) is 19.2 Å². The number of rotatable bonds is 0. The number of hydrogen-bond donors (Lipinski definition) is 1. The second kappa shape index (κ2) is 4.14. The van der Waals surface area contributed by atoms with Crippen molar-refractivity contribution in [3.63, 3.8) is 0 Å². The van der Waals surface area contributed by atoms with Crippen molar-refractivity contribution in [3.05, 3.63) is 23.8 Å². The van der Waals surface area contributed by atoms with Crippen LogP contribution in [0, 0.1) is 0 Å². The standard InChI is InChI=1S/C14H18BN3O3/c1-18-12(16)17-14(21-18)7-13(4-5-19-8-13)20-11-3-2-9(15)6-10(11)14/h2-3,6H,4-5,7-8,15H2,1H3,(H2,16,17). The first-order valence-corrected chi connectivity index (χ1v) is 7.18. The monoisotopic (exact) mass is 287 g/mol. The lowest BCUT2D eigenvalue weighted by atomic mass is 9.81. The van der Waals surface area contributed by atoms with E-state index in [0.717, 1.165) is 23.2 Å². The van der Waals surface area contributed by atoms with Crippen molar-refractivity contribution in [2.24, 2.45) is 10.7 Å². The van der Waals surface area contributed by atoms with Gasteiger partial charge < -0.3 is 15.2 Å². The third-order valence-corrected chi connectivity index (χ3v) is 4.42. The van der Waals surface area contributed by atoms with Gasteiger partial charge in [-0.1, -0.05) is 17.6 Å². The summed E-state index contributed by atoms with van der Waals surface area (Å²) in [5.41, 5.74) is 6.85. The Morgan fingerprint density at radius 2 is 2.29 bits per heavy atom.